The molecule has 0 amide bonds. The lowest BCUT2D eigenvalue weighted by atomic mass is 10.1. The van der Waals surface area contributed by atoms with E-state index in [2.05, 4.69) is 4.72 Å². The Balaban J connectivity index is 3.30. The molecule has 0 atom stereocenters. The van der Waals surface area contributed by atoms with Crippen molar-refractivity contribution in [2.45, 2.75) is 10.4 Å². The molecular formula is C12H19NO7S. The van der Waals surface area contributed by atoms with Gasteiger partial charge in [0.15, 0.2) is 0 Å². The van der Waals surface area contributed by atoms with Gasteiger partial charge in [0.05, 0.1) is 34.0 Å². The molecule has 9 heteroatoms. The van der Waals surface area contributed by atoms with Crippen molar-refractivity contribution in [2.75, 3.05) is 34.0 Å². The second kappa shape index (κ2) is 7.05. The molecule has 1 aromatic rings. The number of aliphatic hydroxyl groups is 3. The van der Waals surface area contributed by atoms with Crippen LogP contribution in [0.4, 0.5) is 0 Å². The minimum atomic E-state index is -4.16. The summed E-state index contributed by atoms with van der Waals surface area (Å²) in [6, 6.07) is 4.17. The van der Waals surface area contributed by atoms with Gasteiger partial charge in [-0.3, -0.25) is 0 Å². The predicted octanol–water partition coefficient (Wildman–Crippen LogP) is -1.30. The summed E-state index contributed by atoms with van der Waals surface area (Å²) in [4.78, 5) is -0.232. The number of ether oxygens (including phenoxy) is 2. The number of aliphatic hydroxyl groups excluding tert-OH is 3. The number of rotatable bonds is 8. The molecular weight excluding hydrogens is 302 g/mol. The second-order valence-corrected chi connectivity index (χ2v) is 6.03. The number of methoxy groups -OCH3 is 2. The molecule has 0 bridgehead atoms. The molecule has 8 nitrogen and oxygen atoms in total. The molecule has 0 aromatic heterocycles. The lowest BCUT2D eigenvalue weighted by Gasteiger charge is -2.28. The van der Waals surface area contributed by atoms with Crippen LogP contribution in [-0.2, 0) is 10.0 Å². The molecule has 0 fully saturated rings. The van der Waals surface area contributed by atoms with E-state index in [-0.39, 0.29) is 10.6 Å². The summed E-state index contributed by atoms with van der Waals surface area (Å²) in [7, 11) is -1.48. The molecule has 0 saturated carbocycles. The molecule has 0 aliphatic carbocycles. The smallest absolute Gasteiger partial charge is 0.245 e. The minimum Gasteiger partial charge on any atom is -0.497 e. The highest BCUT2D eigenvalue weighted by molar-refractivity contribution is 7.89. The molecule has 0 aliphatic heterocycles. The summed E-state index contributed by atoms with van der Waals surface area (Å²) >= 11 is 0. The van der Waals surface area contributed by atoms with Crippen LogP contribution in [0.15, 0.2) is 23.1 Å². The highest BCUT2D eigenvalue weighted by atomic mass is 32.2. The molecule has 1 rings (SSSR count). The van der Waals surface area contributed by atoms with Crippen LogP contribution in [0.5, 0.6) is 11.5 Å². The van der Waals surface area contributed by atoms with Crippen LogP contribution >= 0.6 is 0 Å². The van der Waals surface area contributed by atoms with E-state index in [1.807, 2.05) is 0 Å². The third kappa shape index (κ3) is 3.83. The molecule has 0 unspecified atom stereocenters. The van der Waals surface area contributed by atoms with Crippen molar-refractivity contribution in [2.24, 2.45) is 0 Å². The third-order valence-corrected chi connectivity index (χ3v) is 4.52. The monoisotopic (exact) mass is 321 g/mol. The minimum absolute atomic E-state index is 0.0611. The molecule has 0 saturated heterocycles. The zero-order chi connectivity index (χ0) is 16.1. The fraction of sp³-hybridized carbons (Fsp3) is 0.500. The average molecular weight is 321 g/mol. The Morgan fingerprint density at radius 3 is 2.10 bits per heavy atom. The van der Waals surface area contributed by atoms with E-state index in [1.54, 1.807) is 0 Å². The van der Waals surface area contributed by atoms with Crippen LogP contribution in [-0.4, -0.2) is 63.3 Å². The Labute approximate surface area is 123 Å². The summed E-state index contributed by atoms with van der Waals surface area (Å²) in [5.41, 5.74) is -1.77. The first kappa shape index (κ1) is 17.7. The van der Waals surface area contributed by atoms with Gasteiger partial charge in [0.2, 0.25) is 10.0 Å². The SMILES string of the molecule is COc1ccc(OC)c(S(=O)(=O)NC(CO)(CO)CO)c1. The largest absolute Gasteiger partial charge is 0.497 e. The quantitative estimate of drug-likeness (QED) is 0.469. The van der Waals surface area contributed by atoms with Gasteiger partial charge >= 0.3 is 0 Å². The topological polar surface area (TPSA) is 125 Å². The Hall–Kier alpha value is -1.39. The second-order valence-electron chi connectivity index (χ2n) is 4.38. The van der Waals surface area contributed by atoms with Crippen molar-refractivity contribution in [1.82, 2.24) is 4.72 Å². The molecule has 0 aliphatic rings. The standard InChI is InChI=1S/C12H19NO7S/c1-19-9-3-4-10(20-2)11(5-9)21(17,18)13-12(6-14,7-15)8-16/h3-5,13-16H,6-8H2,1-2H3. The van der Waals surface area contributed by atoms with Crippen LogP contribution < -0.4 is 14.2 Å². The fourth-order valence-corrected chi connectivity index (χ4v) is 3.14. The van der Waals surface area contributed by atoms with Crippen LogP contribution in [0, 0.1) is 0 Å². The highest BCUT2D eigenvalue weighted by Gasteiger charge is 2.35. The van der Waals surface area contributed by atoms with Crippen LogP contribution in [0.2, 0.25) is 0 Å². The molecule has 21 heavy (non-hydrogen) atoms. The maximum Gasteiger partial charge on any atom is 0.245 e. The van der Waals surface area contributed by atoms with Gasteiger partial charge in [-0.05, 0) is 12.1 Å². The van der Waals surface area contributed by atoms with E-state index >= 15 is 0 Å². The Morgan fingerprint density at radius 2 is 1.67 bits per heavy atom. The van der Waals surface area contributed by atoms with E-state index in [4.69, 9.17) is 9.47 Å². The van der Waals surface area contributed by atoms with Gasteiger partial charge in [0, 0.05) is 6.07 Å². The lowest BCUT2D eigenvalue weighted by Crippen LogP contribution is -2.56. The van der Waals surface area contributed by atoms with Crippen molar-refractivity contribution < 1.29 is 33.2 Å². The molecule has 4 N–H and O–H groups in total. The van der Waals surface area contributed by atoms with E-state index in [0.29, 0.717) is 5.75 Å². The summed E-state index contributed by atoms with van der Waals surface area (Å²) < 4.78 is 36.8. The molecule has 120 valence electrons. The van der Waals surface area contributed by atoms with Gasteiger partial charge in [0.1, 0.15) is 21.9 Å². The van der Waals surface area contributed by atoms with Crippen molar-refractivity contribution >= 4 is 10.0 Å². The van der Waals surface area contributed by atoms with Gasteiger partial charge < -0.3 is 24.8 Å². The van der Waals surface area contributed by atoms with Gasteiger partial charge in [-0.25, -0.2) is 8.42 Å². The van der Waals surface area contributed by atoms with Crippen molar-refractivity contribution in [3.05, 3.63) is 18.2 Å². The summed E-state index contributed by atoms with van der Waals surface area (Å²) in [6.07, 6.45) is 0. The highest BCUT2D eigenvalue weighted by Crippen LogP contribution is 2.28. The fourth-order valence-electron chi connectivity index (χ4n) is 1.58. The first-order chi connectivity index (χ1) is 9.87. The number of nitrogens with one attached hydrogen (secondary N) is 1. The first-order valence-corrected chi connectivity index (χ1v) is 7.45. The zero-order valence-corrected chi connectivity index (χ0v) is 12.6. The van der Waals surface area contributed by atoms with E-state index in [0.717, 1.165) is 0 Å². The maximum absolute atomic E-state index is 12.4. The van der Waals surface area contributed by atoms with Gasteiger partial charge in [-0.15, -0.1) is 0 Å². The number of hydrogen-bond donors (Lipinski definition) is 4. The zero-order valence-electron chi connectivity index (χ0n) is 11.7. The summed E-state index contributed by atoms with van der Waals surface area (Å²) in [5.74, 6) is 0.352. The van der Waals surface area contributed by atoms with Crippen LogP contribution in [0.1, 0.15) is 0 Å². The predicted molar refractivity (Wildman–Crippen MR) is 73.9 cm³/mol. The Bertz CT molecular complexity index is 561. The number of sulfonamides is 1. The van der Waals surface area contributed by atoms with Crippen LogP contribution in [0.25, 0.3) is 0 Å². The molecule has 0 spiro atoms. The summed E-state index contributed by atoms with van der Waals surface area (Å²) in [5, 5.41) is 27.6. The Morgan fingerprint density at radius 1 is 1.10 bits per heavy atom. The Kier molecular flexibility index (Phi) is 5.93. The van der Waals surface area contributed by atoms with E-state index < -0.39 is 35.4 Å². The normalized spacial score (nSPS) is 12.2. The van der Waals surface area contributed by atoms with Gasteiger partial charge in [-0.1, -0.05) is 0 Å². The van der Waals surface area contributed by atoms with Crippen molar-refractivity contribution in [3.63, 3.8) is 0 Å². The van der Waals surface area contributed by atoms with Crippen molar-refractivity contribution in [1.29, 1.82) is 0 Å². The molecule has 0 radical (unpaired) electrons. The van der Waals surface area contributed by atoms with E-state index in [1.165, 1.54) is 32.4 Å². The summed E-state index contributed by atoms with van der Waals surface area (Å²) in [6.45, 7) is -2.32. The van der Waals surface area contributed by atoms with Crippen LogP contribution in [0.3, 0.4) is 0 Å². The molecule has 0 heterocycles. The average Bonchev–Trinajstić information content (AvgIpc) is 2.52. The number of benzene rings is 1. The molecule has 1 aromatic carbocycles. The maximum atomic E-state index is 12.4. The third-order valence-electron chi connectivity index (χ3n) is 2.92. The number of hydrogen-bond acceptors (Lipinski definition) is 7. The lowest BCUT2D eigenvalue weighted by molar-refractivity contribution is 0.0581. The van der Waals surface area contributed by atoms with E-state index in [9.17, 15) is 23.7 Å². The van der Waals surface area contributed by atoms with Gasteiger partial charge in [0.25, 0.3) is 0 Å². The van der Waals surface area contributed by atoms with Crippen molar-refractivity contribution in [3.8, 4) is 11.5 Å². The first-order valence-electron chi connectivity index (χ1n) is 5.96. The van der Waals surface area contributed by atoms with Gasteiger partial charge in [-0.2, -0.15) is 4.72 Å².